The largest absolute Gasteiger partial charge is 0.481 e. The van der Waals surface area contributed by atoms with Crippen LogP contribution >= 0.6 is 11.6 Å². The predicted octanol–water partition coefficient (Wildman–Crippen LogP) is 4.57. The average Bonchev–Trinajstić information content (AvgIpc) is 2.54. The molecule has 0 saturated carbocycles. The number of aryl methyl sites for hydroxylation is 3. The van der Waals surface area contributed by atoms with Crippen molar-refractivity contribution in [3.8, 4) is 5.75 Å². The maximum atomic E-state index is 12.2. The summed E-state index contributed by atoms with van der Waals surface area (Å²) in [7, 11) is 0. The van der Waals surface area contributed by atoms with Crippen LogP contribution in [0.1, 0.15) is 36.1 Å². The van der Waals surface area contributed by atoms with Gasteiger partial charge in [0.2, 0.25) is 0 Å². The Morgan fingerprint density at radius 1 is 1.12 bits per heavy atom. The molecule has 1 N–H and O–H groups in total. The smallest absolute Gasteiger partial charge is 0.280 e. The predicted molar refractivity (Wildman–Crippen MR) is 103 cm³/mol. The van der Waals surface area contributed by atoms with E-state index in [-0.39, 0.29) is 5.91 Å². The topological polar surface area (TPSA) is 50.7 Å². The first-order valence-corrected chi connectivity index (χ1v) is 8.50. The summed E-state index contributed by atoms with van der Waals surface area (Å²) < 4.78 is 5.70. The number of rotatable bonds is 5. The van der Waals surface area contributed by atoms with Crippen molar-refractivity contribution < 1.29 is 9.53 Å². The molecule has 2 rings (SSSR count). The molecule has 2 aromatic carbocycles. The number of carbonyl (C=O) groups is 1. The highest BCUT2D eigenvalue weighted by atomic mass is 35.5. The van der Waals surface area contributed by atoms with Crippen LogP contribution in [-0.2, 0) is 4.79 Å². The van der Waals surface area contributed by atoms with Crippen molar-refractivity contribution in [3.05, 3.63) is 63.7 Å². The third kappa shape index (κ3) is 5.07. The molecule has 0 radical (unpaired) electrons. The Morgan fingerprint density at radius 2 is 1.84 bits per heavy atom. The summed E-state index contributed by atoms with van der Waals surface area (Å²) in [6, 6.07) is 11.4. The molecule has 0 bridgehead atoms. The molecule has 1 unspecified atom stereocenters. The minimum Gasteiger partial charge on any atom is -0.481 e. The molecule has 0 aliphatic rings. The summed E-state index contributed by atoms with van der Waals surface area (Å²) in [6.45, 7) is 9.51. The number of hydrazone groups is 1. The summed E-state index contributed by atoms with van der Waals surface area (Å²) in [5.74, 6) is 0.320. The Bertz CT molecular complexity index is 815. The molecule has 0 aliphatic carbocycles. The average molecular weight is 359 g/mol. The maximum Gasteiger partial charge on any atom is 0.280 e. The van der Waals surface area contributed by atoms with E-state index in [1.807, 2.05) is 39.8 Å². The fourth-order valence-electron chi connectivity index (χ4n) is 2.50. The minimum absolute atomic E-state index is 0.307. The highest BCUT2D eigenvalue weighted by Crippen LogP contribution is 2.22. The second-order valence-electron chi connectivity index (χ2n) is 6.16. The molecule has 0 fully saturated rings. The first-order valence-electron chi connectivity index (χ1n) is 8.12. The van der Waals surface area contributed by atoms with E-state index in [1.165, 1.54) is 5.56 Å². The van der Waals surface area contributed by atoms with Gasteiger partial charge in [-0.05, 0) is 63.9 Å². The number of hydrogen-bond donors (Lipinski definition) is 1. The fraction of sp³-hybridized carbons (Fsp3) is 0.300. The van der Waals surface area contributed by atoms with Crippen molar-refractivity contribution in [2.75, 3.05) is 0 Å². The quantitative estimate of drug-likeness (QED) is 0.628. The van der Waals surface area contributed by atoms with E-state index in [0.29, 0.717) is 10.8 Å². The van der Waals surface area contributed by atoms with Gasteiger partial charge < -0.3 is 4.74 Å². The lowest BCUT2D eigenvalue weighted by atomic mass is 10.0. The van der Waals surface area contributed by atoms with Gasteiger partial charge in [-0.1, -0.05) is 35.4 Å². The van der Waals surface area contributed by atoms with Gasteiger partial charge >= 0.3 is 0 Å². The molecular formula is C20H23ClN2O2. The third-order valence-electron chi connectivity index (χ3n) is 3.92. The van der Waals surface area contributed by atoms with Gasteiger partial charge in [0.25, 0.3) is 5.91 Å². The SMILES string of the molecule is C/C(=N\NC(=O)C(C)Oc1ccc(Cl)cc1C)c1ccc(C)cc1C. The fourth-order valence-corrected chi connectivity index (χ4v) is 2.73. The lowest BCUT2D eigenvalue weighted by Crippen LogP contribution is -2.34. The van der Waals surface area contributed by atoms with Gasteiger partial charge in [0.1, 0.15) is 5.75 Å². The molecular weight excluding hydrogens is 336 g/mol. The van der Waals surface area contributed by atoms with Crippen molar-refractivity contribution in [3.63, 3.8) is 0 Å². The second-order valence-corrected chi connectivity index (χ2v) is 6.60. The van der Waals surface area contributed by atoms with Gasteiger partial charge in [0, 0.05) is 10.6 Å². The zero-order valence-corrected chi connectivity index (χ0v) is 15.9. The maximum absolute atomic E-state index is 12.2. The second kappa shape index (κ2) is 8.17. The minimum atomic E-state index is -0.671. The Hall–Kier alpha value is -2.33. The first kappa shape index (κ1) is 19.0. The molecule has 0 spiro atoms. The summed E-state index contributed by atoms with van der Waals surface area (Å²) >= 11 is 5.93. The Labute approximate surface area is 153 Å². The number of amides is 1. The van der Waals surface area contributed by atoms with Crippen LogP contribution in [0.2, 0.25) is 5.02 Å². The Morgan fingerprint density at radius 3 is 2.48 bits per heavy atom. The number of halogens is 1. The van der Waals surface area contributed by atoms with Crippen molar-refractivity contribution >= 4 is 23.2 Å². The molecule has 4 nitrogen and oxygen atoms in total. The van der Waals surface area contributed by atoms with E-state index in [9.17, 15) is 4.79 Å². The van der Waals surface area contributed by atoms with E-state index < -0.39 is 6.10 Å². The van der Waals surface area contributed by atoms with Gasteiger partial charge in [0.15, 0.2) is 6.10 Å². The standard InChI is InChI=1S/C20H23ClN2O2/c1-12-6-8-18(13(2)10-12)15(4)22-23-20(24)16(5)25-19-9-7-17(21)11-14(19)3/h6-11,16H,1-5H3,(H,23,24)/b22-15+. The van der Waals surface area contributed by atoms with E-state index in [0.717, 1.165) is 22.4 Å². The number of hydrogen-bond acceptors (Lipinski definition) is 3. The highest BCUT2D eigenvalue weighted by Gasteiger charge is 2.15. The van der Waals surface area contributed by atoms with Gasteiger partial charge in [0.05, 0.1) is 5.71 Å². The van der Waals surface area contributed by atoms with E-state index in [1.54, 1.807) is 25.1 Å². The Kier molecular flexibility index (Phi) is 6.21. The van der Waals surface area contributed by atoms with Crippen LogP contribution in [0.25, 0.3) is 0 Å². The molecule has 0 aliphatic heterocycles. The van der Waals surface area contributed by atoms with E-state index in [4.69, 9.17) is 16.3 Å². The van der Waals surface area contributed by atoms with E-state index in [2.05, 4.69) is 16.6 Å². The van der Waals surface area contributed by atoms with Crippen LogP contribution in [0.15, 0.2) is 41.5 Å². The number of nitrogens with one attached hydrogen (secondary N) is 1. The summed E-state index contributed by atoms with van der Waals surface area (Å²) in [4.78, 5) is 12.2. The zero-order chi connectivity index (χ0) is 18.6. The number of carbonyl (C=O) groups excluding carboxylic acids is 1. The lowest BCUT2D eigenvalue weighted by Gasteiger charge is -2.15. The van der Waals surface area contributed by atoms with Crippen molar-refractivity contribution in [2.24, 2.45) is 5.10 Å². The third-order valence-corrected chi connectivity index (χ3v) is 4.15. The van der Waals surface area contributed by atoms with Gasteiger partial charge in [-0.2, -0.15) is 5.10 Å². The summed E-state index contributed by atoms with van der Waals surface area (Å²) in [6.07, 6.45) is -0.671. The van der Waals surface area contributed by atoms with Crippen LogP contribution in [0.5, 0.6) is 5.75 Å². The highest BCUT2D eigenvalue weighted by molar-refractivity contribution is 6.30. The van der Waals surface area contributed by atoms with Crippen LogP contribution in [0.4, 0.5) is 0 Å². The summed E-state index contributed by atoms with van der Waals surface area (Å²) in [5.41, 5.74) is 7.52. The van der Waals surface area contributed by atoms with Crippen molar-refractivity contribution in [1.29, 1.82) is 0 Å². The van der Waals surface area contributed by atoms with Crippen LogP contribution < -0.4 is 10.2 Å². The monoisotopic (exact) mass is 358 g/mol. The van der Waals surface area contributed by atoms with Crippen molar-refractivity contribution in [2.45, 2.75) is 40.7 Å². The normalized spacial score (nSPS) is 12.6. The number of nitrogens with zero attached hydrogens (tertiary/aromatic N) is 1. The van der Waals surface area contributed by atoms with Gasteiger partial charge in [-0.3, -0.25) is 4.79 Å². The molecule has 0 heterocycles. The molecule has 1 atom stereocenters. The van der Waals surface area contributed by atoms with E-state index >= 15 is 0 Å². The van der Waals surface area contributed by atoms with Gasteiger partial charge in [-0.15, -0.1) is 0 Å². The molecule has 0 saturated heterocycles. The molecule has 1 amide bonds. The van der Waals surface area contributed by atoms with Crippen LogP contribution in [-0.4, -0.2) is 17.7 Å². The number of benzene rings is 2. The summed E-state index contributed by atoms with van der Waals surface area (Å²) in [5, 5.41) is 4.83. The molecule has 5 heteroatoms. The van der Waals surface area contributed by atoms with Crippen molar-refractivity contribution in [1.82, 2.24) is 5.43 Å². The molecule has 132 valence electrons. The van der Waals surface area contributed by atoms with Gasteiger partial charge in [-0.25, -0.2) is 5.43 Å². The number of ether oxygens (including phenoxy) is 1. The van der Waals surface area contributed by atoms with Crippen LogP contribution in [0, 0.1) is 20.8 Å². The molecule has 2 aromatic rings. The first-order chi connectivity index (χ1) is 11.8. The molecule has 25 heavy (non-hydrogen) atoms. The Balaban J connectivity index is 2.03. The van der Waals surface area contributed by atoms with Crippen LogP contribution in [0.3, 0.4) is 0 Å². The lowest BCUT2D eigenvalue weighted by molar-refractivity contribution is -0.127. The zero-order valence-electron chi connectivity index (χ0n) is 15.2. The molecule has 0 aromatic heterocycles.